The van der Waals surface area contributed by atoms with Crippen LogP contribution in [0.15, 0.2) is 53.6 Å². The fraction of sp³-hybridized carbons (Fsp3) is 0.150. The van der Waals surface area contributed by atoms with E-state index in [1.807, 2.05) is 44.2 Å². The molecule has 0 aliphatic rings. The fourth-order valence-corrected chi connectivity index (χ4v) is 3.33. The molecular weight excluding hydrogens is 362 g/mol. The van der Waals surface area contributed by atoms with E-state index < -0.39 is 0 Å². The van der Waals surface area contributed by atoms with Gasteiger partial charge in [-0.2, -0.15) is 5.10 Å². The molecule has 0 radical (unpaired) electrons. The van der Waals surface area contributed by atoms with Crippen molar-refractivity contribution in [1.82, 2.24) is 10.4 Å². The van der Waals surface area contributed by atoms with Crippen LogP contribution in [-0.4, -0.2) is 28.8 Å². The van der Waals surface area contributed by atoms with Gasteiger partial charge in [-0.1, -0.05) is 30.3 Å². The normalized spacial score (nSPS) is 10.9. The predicted octanol–water partition coefficient (Wildman–Crippen LogP) is 3.99. The molecule has 27 heavy (non-hydrogen) atoms. The van der Waals surface area contributed by atoms with Crippen molar-refractivity contribution in [2.75, 3.05) is 6.61 Å². The smallest absolute Gasteiger partial charge is 0.291 e. The number of ether oxygens (including phenoxy) is 1. The van der Waals surface area contributed by atoms with Crippen LogP contribution in [0.3, 0.4) is 0 Å². The highest BCUT2D eigenvalue weighted by atomic mass is 32.1. The number of hydrogen-bond donors (Lipinski definition) is 2. The second-order valence-corrected chi connectivity index (χ2v) is 6.85. The first-order valence-corrected chi connectivity index (χ1v) is 9.22. The van der Waals surface area contributed by atoms with E-state index in [-0.39, 0.29) is 11.7 Å². The summed E-state index contributed by atoms with van der Waals surface area (Å²) in [5.74, 6) is 0.0613. The minimum absolute atomic E-state index is 0.0598. The Hall–Kier alpha value is -3.19. The van der Waals surface area contributed by atoms with Crippen molar-refractivity contribution in [3.63, 3.8) is 0 Å². The zero-order chi connectivity index (χ0) is 19.2. The molecule has 1 amide bonds. The number of phenols is 1. The Morgan fingerprint density at radius 1 is 1.30 bits per heavy atom. The zero-order valence-electron chi connectivity index (χ0n) is 15.0. The van der Waals surface area contributed by atoms with Crippen molar-refractivity contribution in [3.05, 3.63) is 64.7 Å². The molecule has 3 rings (SSSR count). The first-order chi connectivity index (χ1) is 13.1. The quantitative estimate of drug-likeness (QED) is 0.500. The summed E-state index contributed by atoms with van der Waals surface area (Å²) < 4.78 is 5.33. The molecule has 6 nitrogen and oxygen atoms in total. The lowest BCUT2D eigenvalue weighted by Crippen LogP contribution is -2.18. The van der Waals surface area contributed by atoms with Crippen LogP contribution >= 0.6 is 11.3 Å². The highest BCUT2D eigenvalue weighted by Crippen LogP contribution is 2.27. The summed E-state index contributed by atoms with van der Waals surface area (Å²) in [4.78, 5) is 17.6. The van der Waals surface area contributed by atoms with Crippen LogP contribution in [0.4, 0.5) is 0 Å². The maximum atomic E-state index is 12.4. The Balaban J connectivity index is 1.70. The van der Waals surface area contributed by atoms with E-state index >= 15 is 0 Å². The van der Waals surface area contributed by atoms with Gasteiger partial charge < -0.3 is 9.84 Å². The Morgan fingerprint density at radius 2 is 2.07 bits per heavy atom. The Kier molecular flexibility index (Phi) is 5.83. The van der Waals surface area contributed by atoms with Crippen LogP contribution < -0.4 is 10.2 Å². The number of nitrogens with one attached hydrogen (secondary N) is 1. The number of benzene rings is 2. The van der Waals surface area contributed by atoms with Gasteiger partial charge in [0.15, 0.2) is 11.5 Å². The number of carbonyl (C=O) groups is 1. The lowest BCUT2D eigenvalue weighted by atomic mass is 10.2. The van der Waals surface area contributed by atoms with Gasteiger partial charge in [-0.25, -0.2) is 10.4 Å². The zero-order valence-corrected chi connectivity index (χ0v) is 15.8. The van der Waals surface area contributed by atoms with Gasteiger partial charge in [0.1, 0.15) is 10.7 Å². The van der Waals surface area contributed by atoms with Gasteiger partial charge in [0, 0.05) is 10.4 Å². The molecule has 0 bridgehead atoms. The van der Waals surface area contributed by atoms with E-state index in [1.165, 1.54) is 23.6 Å². The summed E-state index contributed by atoms with van der Waals surface area (Å²) in [5, 5.41) is 14.5. The minimum atomic E-state index is -0.369. The van der Waals surface area contributed by atoms with Gasteiger partial charge >= 0.3 is 0 Å². The van der Waals surface area contributed by atoms with Crippen LogP contribution in [0, 0.1) is 6.92 Å². The van der Waals surface area contributed by atoms with Crippen molar-refractivity contribution in [2.45, 2.75) is 13.8 Å². The maximum Gasteiger partial charge on any atom is 0.291 e. The maximum absolute atomic E-state index is 12.4. The van der Waals surface area contributed by atoms with Gasteiger partial charge in [-0.05, 0) is 37.6 Å². The molecule has 0 spiro atoms. The number of phenolic OH excluding ortho intramolecular Hbond substituents is 1. The molecular formula is C20H19N3O3S. The van der Waals surface area contributed by atoms with Crippen LogP contribution in [0.1, 0.15) is 27.9 Å². The average Bonchev–Trinajstić information content (AvgIpc) is 3.07. The van der Waals surface area contributed by atoms with Crippen molar-refractivity contribution in [2.24, 2.45) is 5.10 Å². The van der Waals surface area contributed by atoms with Gasteiger partial charge in [-0.3, -0.25) is 4.79 Å². The summed E-state index contributed by atoms with van der Waals surface area (Å²) in [6.07, 6.45) is 1.49. The van der Waals surface area contributed by atoms with Crippen LogP contribution in [0.2, 0.25) is 0 Å². The highest BCUT2D eigenvalue weighted by molar-refractivity contribution is 7.15. The molecule has 0 atom stereocenters. The molecule has 2 N–H and O–H groups in total. The summed E-state index contributed by atoms with van der Waals surface area (Å²) >= 11 is 1.47. The van der Waals surface area contributed by atoms with Gasteiger partial charge in [-0.15, -0.1) is 11.3 Å². The Bertz CT molecular complexity index is 968. The molecule has 0 aliphatic carbocycles. The predicted molar refractivity (Wildman–Crippen MR) is 107 cm³/mol. The summed E-state index contributed by atoms with van der Waals surface area (Å²) in [5.41, 5.74) is 4.51. The average molecular weight is 381 g/mol. The molecule has 0 fully saturated rings. The van der Waals surface area contributed by atoms with Crippen molar-refractivity contribution in [3.8, 4) is 22.1 Å². The molecule has 0 saturated carbocycles. The highest BCUT2D eigenvalue weighted by Gasteiger charge is 2.15. The number of hydrogen-bond acceptors (Lipinski definition) is 6. The number of aromatic nitrogens is 1. The Labute approximate surface area is 161 Å². The lowest BCUT2D eigenvalue weighted by molar-refractivity contribution is 0.0950. The van der Waals surface area contributed by atoms with E-state index in [0.717, 1.165) is 15.4 Å². The summed E-state index contributed by atoms with van der Waals surface area (Å²) in [7, 11) is 0. The molecule has 1 heterocycles. The second kappa shape index (κ2) is 8.46. The minimum Gasteiger partial charge on any atom is -0.504 e. The van der Waals surface area contributed by atoms with E-state index in [9.17, 15) is 9.90 Å². The summed E-state index contributed by atoms with van der Waals surface area (Å²) in [6, 6.07) is 14.6. The third-order valence-corrected chi connectivity index (χ3v) is 4.72. The lowest BCUT2D eigenvalue weighted by Gasteiger charge is -2.05. The molecule has 3 aromatic rings. The van der Waals surface area contributed by atoms with Crippen LogP contribution in [-0.2, 0) is 0 Å². The van der Waals surface area contributed by atoms with Crippen LogP contribution in [0.5, 0.6) is 11.5 Å². The molecule has 0 saturated heterocycles. The molecule has 138 valence electrons. The second-order valence-electron chi connectivity index (χ2n) is 5.65. The molecule has 0 unspecified atom stereocenters. The SMILES string of the molecule is CCOc1cc(/C=N\NC(=O)c2nc(-c3ccccc3)sc2C)ccc1O. The Morgan fingerprint density at radius 3 is 2.81 bits per heavy atom. The van der Waals surface area contributed by atoms with Crippen LogP contribution in [0.25, 0.3) is 10.6 Å². The van der Waals surface area contributed by atoms with Crippen molar-refractivity contribution in [1.29, 1.82) is 0 Å². The number of nitrogens with zero attached hydrogens (tertiary/aromatic N) is 2. The topological polar surface area (TPSA) is 83.8 Å². The van der Waals surface area contributed by atoms with E-state index in [4.69, 9.17) is 4.74 Å². The molecule has 1 aromatic heterocycles. The first-order valence-electron chi connectivity index (χ1n) is 8.40. The van der Waals surface area contributed by atoms with Gasteiger partial charge in [0.05, 0.1) is 12.8 Å². The van der Waals surface area contributed by atoms with Crippen molar-refractivity contribution < 1.29 is 14.6 Å². The third kappa shape index (κ3) is 4.51. The monoisotopic (exact) mass is 381 g/mol. The number of rotatable bonds is 6. The molecule has 0 aliphatic heterocycles. The fourth-order valence-electron chi connectivity index (χ4n) is 2.41. The van der Waals surface area contributed by atoms with Gasteiger partial charge in [0.25, 0.3) is 5.91 Å². The van der Waals surface area contributed by atoms with Gasteiger partial charge in [0.2, 0.25) is 0 Å². The molecule has 7 heteroatoms. The van der Waals surface area contributed by atoms with Crippen molar-refractivity contribution >= 4 is 23.5 Å². The number of thiazole rings is 1. The molecule has 2 aromatic carbocycles. The number of aryl methyl sites for hydroxylation is 1. The van der Waals surface area contributed by atoms with E-state index in [0.29, 0.717) is 23.6 Å². The third-order valence-electron chi connectivity index (χ3n) is 3.70. The number of aromatic hydroxyl groups is 1. The number of amides is 1. The van der Waals surface area contributed by atoms with E-state index in [1.54, 1.807) is 12.1 Å². The summed E-state index contributed by atoms with van der Waals surface area (Å²) in [6.45, 7) is 4.13. The van der Waals surface area contributed by atoms with E-state index in [2.05, 4.69) is 15.5 Å². The number of carbonyl (C=O) groups excluding carboxylic acids is 1. The number of hydrazone groups is 1. The first kappa shape index (κ1) is 18.6. The largest absolute Gasteiger partial charge is 0.504 e. The standard InChI is InChI=1S/C20H19N3O3S/c1-3-26-17-11-14(9-10-16(17)24)12-21-23-19(25)18-13(2)27-20(22-18)15-7-5-4-6-8-15/h4-12,24H,3H2,1-2H3,(H,23,25)/b21-12-.